The number of rotatable bonds is 4. The predicted molar refractivity (Wildman–Crippen MR) is 85.6 cm³/mol. The van der Waals surface area contributed by atoms with E-state index in [2.05, 4.69) is 5.32 Å². The number of ketones is 1. The number of carbonyl (C=O) groups is 2. The molecular weight excluding hydrogens is 286 g/mol. The van der Waals surface area contributed by atoms with Crippen LogP contribution in [0.4, 0.5) is 5.69 Å². The van der Waals surface area contributed by atoms with Crippen molar-refractivity contribution in [2.75, 3.05) is 5.32 Å². The van der Waals surface area contributed by atoms with Crippen LogP contribution in [0.5, 0.6) is 0 Å². The smallest absolute Gasteiger partial charge is 0.248 e. The number of anilines is 1. The summed E-state index contributed by atoms with van der Waals surface area (Å²) < 4.78 is 0. The number of Topliss-reactive ketones (excluding diaryl/α,β-unsaturated/α-hetero) is 1. The van der Waals surface area contributed by atoms with Crippen molar-refractivity contribution in [3.8, 4) is 0 Å². The van der Waals surface area contributed by atoms with Crippen molar-refractivity contribution in [3.05, 3.63) is 70.8 Å². The lowest BCUT2D eigenvalue weighted by Crippen LogP contribution is -2.07. The first-order valence-corrected chi connectivity index (χ1v) is 6.78. The average Bonchev–Trinajstić information content (AvgIpc) is 2.47. The largest absolute Gasteiger partial charge is 0.323 e. The molecule has 106 valence electrons. The van der Waals surface area contributed by atoms with Gasteiger partial charge in [-0.1, -0.05) is 23.7 Å². The van der Waals surface area contributed by atoms with Crippen molar-refractivity contribution < 1.29 is 9.59 Å². The molecule has 0 bridgehead atoms. The van der Waals surface area contributed by atoms with Crippen LogP contribution in [0.25, 0.3) is 6.08 Å². The number of amides is 1. The fourth-order valence-corrected chi connectivity index (χ4v) is 1.84. The normalized spacial score (nSPS) is 10.6. The van der Waals surface area contributed by atoms with Crippen molar-refractivity contribution >= 4 is 35.1 Å². The molecule has 0 fully saturated rings. The van der Waals surface area contributed by atoms with Gasteiger partial charge in [0.15, 0.2) is 5.78 Å². The first-order chi connectivity index (χ1) is 10.0. The molecular formula is C17H14ClNO2. The summed E-state index contributed by atoms with van der Waals surface area (Å²) in [5.41, 5.74) is 2.15. The second-order valence-electron chi connectivity index (χ2n) is 4.51. The zero-order valence-electron chi connectivity index (χ0n) is 11.5. The highest BCUT2D eigenvalue weighted by Crippen LogP contribution is 2.12. The maximum absolute atomic E-state index is 11.8. The summed E-state index contributed by atoms with van der Waals surface area (Å²) in [6, 6.07) is 13.9. The number of carbonyl (C=O) groups excluding carboxylic acids is 2. The summed E-state index contributed by atoms with van der Waals surface area (Å²) in [6.45, 7) is 1.50. The summed E-state index contributed by atoms with van der Waals surface area (Å²) in [5, 5.41) is 3.38. The fraction of sp³-hybridized carbons (Fsp3) is 0.0588. The minimum Gasteiger partial charge on any atom is -0.323 e. The van der Waals surface area contributed by atoms with Crippen LogP contribution in [0.2, 0.25) is 5.02 Å². The molecule has 0 aliphatic heterocycles. The van der Waals surface area contributed by atoms with Crippen LogP contribution in [0.1, 0.15) is 22.8 Å². The van der Waals surface area contributed by atoms with E-state index in [9.17, 15) is 9.59 Å². The molecule has 2 rings (SSSR count). The van der Waals surface area contributed by atoms with Gasteiger partial charge >= 0.3 is 0 Å². The Morgan fingerprint density at radius 1 is 1.00 bits per heavy atom. The summed E-state index contributed by atoms with van der Waals surface area (Å²) in [5.74, 6) is -0.240. The number of hydrogen-bond donors (Lipinski definition) is 1. The van der Waals surface area contributed by atoms with E-state index in [1.54, 1.807) is 42.5 Å². The van der Waals surface area contributed by atoms with E-state index in [-0.39, 0.29) is 11.7 Å². The monoisotopic (exact) mass is 299 g/mol. The summed E-state index contributed by atoms with van der Waals surface area (Å²) >= 11 is 5.79. The van der Waals surface area contributed by atoms with E-state index >= 15 is 0 Å². The molecule has 0 aromatic heterocycles. The second-order valence-corrected chi connectivity index (χ2v) is 4.94. The third-order valence-electron chi connectivity index (χ3n) is 2.86. The Morgan fingerprint density at radius 2 is 1.62 bits per heavy atom. The minimum atomic E-state index is -0.236. The molecule has 4 heteroatoms. The molecule has 2 aromatic rings. The predicted octanol–water partition coefficient (Wildman–Crippen LogP) is 4.19. The van der Waals surface area contributed by atoms with Gasteiger partial charge in [-0.25, -0.2) is 0 Å². The van der Waals surface area contributed by atoms with Crippen LogP contribution in [0, 0.1) is 0 Å². The molecule has 0 unspecified atom stereocenters. The second kappa shape index (κ2) is 6.86. The summed E-state index contributed by atoms with van der Waals surface area (Å²) in [7, 11) is 0. The van der Waals surface area contributed by atoms with Gasteiger partial charge in [0.25, 0.3) is 0 Å². The highest BCUT2D eigenvalue weighted by Gasteiger charge is 2.01. The fourth-order valence-electron chi connectivity index (χ4n) is 1.72. The van der Waals surface area contributed by atoms with Crippen LogP contribution in [0.3, 0.4) is 0 Å². The molecule has 0 saturated heterocycles. The van der Waals surface area contributed by atoms with Crippen LogP contribution in [-0.2, 0) is 4.79 Å². The Balaban J connectivity index is 1.98. The van der Waals surface area contributed by atoms with E-state index in [1.807, 2.05) is 12.1 Å². The van der Waals surface area contributed by atoms with E-state index in [0.717, 1.165) is 5.56 Å². The Bertz CT molecular complexity index is 673. The zero-order valence-corrected chi connectivity index (χ0v) is 12.2. The lowest BCUT2D eigenvalue weighted by atomic mass is 10.1. The van der Waals surface area contributed by atoms with Crippen LogP contribution >= 0.6 is 11.6 Å². The van der Waals surface area contributed by atoms with Crippen molar-refractivity contribution in [3.63, 3.8) is 0 Å². The maximum atomic E-state index is 11.8. The average molecular weight is 300 g/mol. The molecule has 0 atom stereocenters. The van der Waals surface area contributed by atoms with Gasteiger partial charge < -0.3 is 5.32 Å². The Morgan fingerprint density at radius 3 is 2.19 bits per heavy atom. The number of hydrogen-bond acceptors (Lipinski definition) is 2. The van der Waals surface area contributed by atoms with Gasteiger partial charge in [-0.05, 0) is 55.0 Å². The zero-order chi connectivity index (χ0) is 15.2. The standard InChI is InChI=1S/C17H14ClNO2/c1-12(20)14-5-9-16(10-6-14)19-17(21)11-4-13-2-7-15(18)8-3-13/h2-11H,1H3,(H,19,21). The Kier molecular flexibility index (Phi) is 4.90. The third-order valence-corrected chi connectivity index (χ3v) is 3.11. The molecule has 0 aliphatic rings. The SMILES string of the molecule is CC(=O)c1ccc(NC(=O)C=Cc2ccc(Cl)cc2)cc1. The molecule has 1 N–H and O–H groups in total. The minimum absolute atomic E-state index is 0.00416. The Hall–Kier alpha value is -2.39. The highest BCUT2D eigenvalue weighted by atomic mass is 35.5. The van der Waals surface area contributed by atoms with Gasteiger partial charge in [-0.3, -0.25) is 9.59 Å². The van der Waals surface area contributed by atoms with E-state index < -0.39 is 0 Å². The lowest BCUT2D eigenvalue weighted by Gasteiger charge is -2.02. The molecule has 3 nitrogen and oxygen atoms in total. The first-order valence-electron chi connectivity index (χ1n) is 6.40. The topological polar surface area (TPSA) is 46.2 Å². The van der Waals surface area contributed by atoms with E-state index in [1.165, 1.54) is 13.0 Å². The van der Waals surface area contributed by atoms with Gasteiger partial charge in [-0.2, -0.15) is 0 Å². The first kappa shape index (κ1) is 15.0. The Labute approximate surface area is 128 Å². The van der Waals surface area contributed by atoms with Gasteiger partial charge in [0.2, 0.25) is 5.91 Å². The van der Waals surface area contributed by atoms with Crippen molar-refractivity contribution in [1.29, 1.82) is 0 Å². The van der Waals surface area contributed by atoms with Gasteiger partial charge in [0, 0.05) is 22.3 Å². The lowest BCUT2D eigenvalue weighted by molar-refractivity contribution is -0.111. The summed E-state index contributed by atoms with van der Waals surface area (Å²) in [6.07, 6.45) is 3.15. The van der Waals surface area contributed by atoms with Crippen molar-refractivity contribution in [1.82, 2.24) is 0 Å². The summed E-state index contributed by atoms with van der Waals surface area (Å²) in [4.78, 5) is 22.9. The quantitative estimate of drug-likeness (QED) is 0.679. The molecule has 2 aromatic carbocycles. The number of benzene rings is 2. The van der Waals surface area contributed by atoms with Crippen LogP contribution < -0.4 is 5.32 Å². The van der Waals surface area contributed by atoms with E-state index in [0.29, 0.717) is 16.3 Å². The van der Waals surface area contributed by atoms with Crippen molar-refractivity contribution in [2.24, 2.45) is 0 Å². The van der Waals surface area contributed by atoms with Crippen LogP contribution in [0.15, 0.2) is 54.6 Å². The van der Waals surface area contributed by atoms with Crippen molar-refractivity contribution in [2.45, 2.75) is 6.92 Å². The molecule has 0 saturated carbocycles. The van der Waals surface area contributed by atoms with E-state index in [4.69, 9.17) is 11.6 Å². The number of halogens is 1. The van der Waals surface area contributed by atoms with Gasteiger partial charge in [-0.15, -0.1) is 0 Å². The van der Waals surface area contributed by atoms with Gasteiger partial charge in [0.05, 0.1) is 0 Å². The highest BCUT2D eigenvalue weighted by molar-refractivity contribution is 6.30. The molecule has 0 aliphatic carbocycles. The maximum Gasteiger partial charge on any atom is 0.248 e. The molecule has 1 amide bonds. The third kappa shape index (κ3) is 4.58. The molecule has 0 heterocycles. The van der Waals surface area contributed by atoms with Gasteiger partial charge in [0.1, 0.15) is 0 Å². The molecule has 0 spiro atoms. The van der Waals surface area contributed by atoms with Crippen LogP contribution in [-0.4, -0.2) is 11.7 Å². The molecule has 21 heavy (non-hydrogen) atoms. The number of nitrogens with one attached hydrogen (secondary N) is 1. The molecule has 0 radical (unpaired) electrons.